The van der Waals surface area contributed by atoms with Crippen LogP contribution in [0.25, 0.3) is 0 Å². The number of aromatic nitrogens is 2. The van der Waals surface area contributed by atoms with Crippen molar-refractivity contribution < 1.29 is 18.1 Å². The van der Waals surface area contributed by atoms with E-state index in [0.717, 1.165) is 6.42 Å². The number of aryl methyl sites for hydroxylation is 1. The van der Waals surface area contributed by atoms with Crippen molar-refractivity contribution in [3.63, 3.8) is 0 Å². The lowest BCUT2D eigenvalue weighted by Crippen LogP contribution is -2.13. The first kappa shape index (κ1) is 12.7. The maximum Gasteiger partial charge on any atom is 0.296 e. The van der Waals surface area contributed by atoms with Crippen LogP contribution in [-0.2, 0) is 17.6 Å². The fourth-order valence-corrected chi connectivity index (χ4v) is 1.11. The molecule has 1 aromatic rings. The molecule has 1 heterocycles. The Kier molecular flexibility index (Phi) is 4.52. The fraction of sp³-hybridized carbons (Fsp3) is 0.700. The maximum atomic E-state index is 11.9. The molecular weight excluding hydrogens is 218 g/mol. The highest BCUT2D eigenvalue weighted by atomic mass is 19.3. The summed E-state index contributed by atoms with van der Waals surface area (Å²) in [4.78, 5) is 14.6. The highest BCUT2D eigenvalue weighted by Gasteiger charge is 2.19. The van der Waals surface area contributed by atoms with Crippen LogP contribution in [0, 0.1) is 5.92 Å². The summed E-state index contributed by atoms with van der Waals surface area (Å²) in [6.07, 6.45) is -1.95. The van der Waals surface area contributed by atoms with Crippen molar-refractivity contribution >= 4 is 5.78 Å². The Morgan fingerprint density at radius 2 is 2.12 bits per heavy atom. The number of Topliss-reactive ketones (excluding diaryl/α,β-unsaturated/α-hetero) is 1. The van der Waals surface area contributed by atoms with E-state index in [2.05, 4.69) is 24.0 Å². The lowest BCUT2D eigenvalue weighted by Gasteiger charge is -1.98. The van der Waals surface area contributed by atoms with Crippen LogP contribution in [0.15, 0.2) is 4.52 Å². The van der Waals surface area contributed by atoms with Crippen molar-refractivity contribution in [2.45, 2.75) is 39.5 Å². The Hall–Kier alpha value is -1.33. The van der Waals surface area contributed by atoms with Crippen LogP contribution in [0.2, 0.25) is 0 Å². The minimum absolute atomic E-state index is 0.0379. The molecule has 0 bridgehead atoms. The summed E-state index contributed by atoms with van der Waals surface area (Å²) >= 11 is 0. The lowest BCUT2D eigenvalue weighted by molar-refractivity contribution is -0.129. The van der Waals surface area contributed by atoms with Crippen molar-refractivity contribution in [1.82, 2.24) is 10.1 Å². The smallest absolute Gasteiger partial charge is 0.296 e. The van der Waals surface area contributed by atoms with E-state index in [-0.39, 0.29) is 5.89 Å². The maximum absolute atomic E-state index is 11.9. The molecule has 90 valence electrons. The predicted octanol–water partition coefficient (Wildman–Crippen LogP) is 2.03. The third-order valence-electron chi connectivity index (χ3n) is 2.02. The molecule has 4 nitrogen and oxygen atoms in total. The van der Waals surface area contributed by atoms with E-state index in [1.165, 1.54) is 0 Å². The molecule has 0 radical (unpaired) electrons. The zero-order chi connectivity index (χ0) is 12.1. The molecule has 0 amide bonds. The van der Waals surface area contributed by atoms with E-state index < -0.39 is 18.6 Å². The van der Waals surface area contributed by atoms with Gasteiger partial charge in [-0.25, -0.2) is 8.78 Å². The average Bonchev–Trinajstić information content (AvgIpc) is 2.62. The molecule has 0 atom stereocenters. The SMILES string of the molecule is CC(C)CCc1noc(CC(=O)C(F)F)n1. The Balaban J connectivity index is 2.48. The summed E-state index contributed by atoms with van der Waals surface area (Å²) in [6.45, 7) is 4.11. The highest BCUT2D eigenvalue weighted by molar-refractivity contribution is 5.82. The molecule has 0 aliphatic heterocycles. The molecule has 0 spiro atoms. The predicted molar refractivity (Wildman–Crippen MR) is 52.2 cm³/mol. The molecule has 0 aliphatic rings. The van der Waals surface area contributed by atoms with Crippen LogP contribution in [0.5, 0.6) is 0 Å². The average molecular weight is 232 g/mol. The van der Waals surface area contributed by atoms with Gasteiger partial charge in [0.1, 0.15) is 0 Å². The number of alkyl halides is 2. The van der Waals surface area contributed by atoms with Gasteiger partial charge in [-0.05, 0) is 12.3 Å². The van der Waals surface area contributed by atoms with Crippen molar-refractivity contribution in [3.8, 4) is 0 Å². The summed E-state index contributed by atoms with van der Waals surface area (Å²) in [5.74, 6) is -0.265. The van der Waals surface area contributed by atoms with E-state index in [9.17, 15) is 13.6 Å². The van der Waals surface area contributed by atoms with Crippen LogP contribution in [0.3, 0.4) is 0 Å². The third kappa shape index (κ3) is 4.04. The number of nitrogens with zero attached hydrogens (tertiary/aromatic N) is 2. The van der Waals surface area contributed by atoms with Gasteiger partial charge in [0, 0.05) is 6.42 Å². The van der Waals surface area contributed by atoms with Gasteiger partial charge in [0.25, 0.3) is 6.43 Å². The van der Waals surface area contributed by atoms with Crippen LogP contribution in [0.4, 0.5) is 8.78 Å². The van der Waals surface area contributed by atoms with E-state index >= 15 is 0 Å². The number of halogens is 2. The number of carbonyl (C=O) groups is 1. The minimum Gasteiger partial charge on any atom is -0.339 e. The first-order chi connectivity index (χ1) is 7.49. The number of carbonyl (C=O) groups excluding carboxylic acids is 1. The molecule has 0 N–H and O–H groups in total. The van der Waals surface area contributed by atoms with Gasteiger partial charge in [-0.15, -0.1) is 0 Å². The highest BCUT2D eigenvalue weighted by Crippen LogP contribution is 2.08. The van der Waals surface area contributed by atoms with Crippen molar-refractivity contribution in [1.29, 1.82) is 0 Å². The van der Waals surface area contributed by atoms with Crippen molar-refractivity contribution in [3.05, 3.63) is 11.7 Å². The molecule has 0 aliphatic carbocycles. The molecule has 0 saturated heterocycles. The quantitative estimate of drug-likeness (QED) is 0.753. The van der Waals surface area contributed by atoms with Crippen LogP contribution >= 0.6 is 0 Å². The molecule has 1 aromatic heterocycles. The van der Waals surface area contributed by atoms with Gasteiger partial charge in [0.2, 0.25) is 11.7 Å². The Morgan fingerprint density at radius 3 is 2.69 bits per heavy atom. The molecule has 6 heteroatoms. The number of rotatable bonds is 6. The second kappa shape index (κ2) is 5.67. The zero-order valence-corrected chi connectivity index (χ0v) is 9.24. The molecule has 0 unspecified atom stereocenters. The Labute approximate surface area is 92.0 Å². The number of hydrogen-bond acceptors (Lipinski definition) is 4. The fourth-order valence-electron chi connectivity index (χ4n) is 1.11. The van der Waals surface area contributed by atoms with Crippen LogP contribution in [-0.4, -0.2) is 22.3 Å². The standard InChI is InChI=1S/C10H14F2N2O2/c1-6(2)3-4-8-13-9(16-14-8)5-7(15)10(11)12/h6,10H,3-5H2,1-2H3. The van der Waals surface area contributed by atoms with Gasteiger partial charge in [0.15, 0.2) is 5.82 Å². The van der Waals surface area contributed by atoms with E-state index in [1.54, 1.807) is 0 Å². The van der Waals surface area contributed by atoms with Gasteiger partial charge in [-0.3, -0.25) is 4.79 Å². The van der Waals surface area contributed by atoms with Gasteiger partial charge in [-0.2, -0.15) is 4.98 Å². The van der Waals surface area contributed by atoms with Crippen molar-refractivity contribution in [2.75, 3.05) is 0 Å². The summed E-state index contributed by atoms with van der Waals surface area (Å²) in [5, 5.41) is 3.62. The Bertz CT molecular complexity index is 350. The normalized spacial score (nSPS) is 11.4. The number of hydrogen-bond donors (Lipinski definition) is 0. The van der Waals surface area contributed by atoms with Gasteiger partial charge in [0.05, 0.1) is 6.42 Å². The molecule has 16 heavy (non-hydrogen) atoms. The van der Waals surface area contributed by atoms with E-state index in [1.807, 2.05) is 0 Å². The van der Waals surface area contributed by atoms with E-state index in [0.29, 0.717) is 18.2 Å². The second-order valence-corrected chi connectivity index (χ2v) is 3.98. The molecule has 1 rings (SSSR count). The summed E-state index contributed by atoms with van der Waals surface area (Å²) in [6, 6.07) is 0. The van der Waals surface area contributed by atoms with Crippen LogP contribution < -0.4 is 0 Å². The number of ketones is 1. The van der Waals surface area contributed by atoms with Gasteiger partial charge in [-0.1, -0.05) is 19.0 Å². The third-order valence-corrected chi connectivity index (χ3v) is 2.02. The van der Waals surface area contributed by atoms with Gasteiger partial charge < -0.3 is 4.52 Å². The Morgan fingerprint density at radius 1 is 1.44 bits per heavy atom. The zero-order valence-electron chi connectivity index (χ0n) is 9.24. The topological polar surface area (TPSA) is 56.0 Å². The van der Waals surface area contributed by atoms with Gasteiger partial charge >= 0.3 is 0 Å². The monoisotopic (exact) mass is 232 g/mol. The summed E-state index contributed by atoms with van der Waals surface area (Å²) in [5.41, 5.74) is 0. The summed E-state index contributed by atoms with van der Waals surface area (Å²) < 4.78 is 28.6. The first-order valence-corrected chi connectivity index (χ1v) is 5.11. The lowest BCUT2D eigenvalue weighted by atomic mass is 10.1. The largest absolute Gasteiger partial charge is 0.339 e. The minimum atomic E-state index is -2.98. The van der Waals surface area contributed by atoms with Crippen molar-refractivity contribution in [2.24, 2.45) is 5.92 Å². The second-order valence-electron chi connectivity index (χ2n) is 3.98. The van der Waals surface area contributed by atoms with Crippen LogP contribution in [0.1, 0.15) is 32.0 Å². The molecule has 0 aromatic carbocycles. The molecule has 0 fully saturated rings. The first-order valence-electron chi connectivity index (χ1n) is 5.11. The molecule has 0 saturated carbocycles. The summed E-state index contributed by atoms with van der Waals surface area (Å²) in [7, 11) is 0. The van der Waals surface area contributed by atoms with E-state index in [4.69, 9.17) is 4.52 Å². The molecular formula is C10H14F2N2O2.